The zero-order chi connectivity index (χ0) is 15.4. The van der Waals surface area contributed by atoms with Crippen LogP contribution in [0.15, 0.2) is 67.3 Å². The highest BCUT2D eigenvalue weighted by atomic mass is 35.5. The summed E-state index contributed by atoms with van der Waals surface area (Å²) in [5.74, 6) is 0.764. The van der Waals surface area contributed by atoms with Crippen LogP contribution in [0.3, 0.4) is 0 Å². The molecule has 22 heavy (non-hydrogen) atoms. The molecule has 0 fully saturated rings. The Morgan fingerprint density at radius 1 is 1.18 bits per heavy atom. The van der Waals surface area contributed by atoms with Crippen molar-refractivity contribution in [2.45, 2.75) is 0 Å². The second-order valence-electron chi connectivity index (χ2n) is 4.75. The highest BCUT2D eigenvalue weighted by Gasteiger charge is 2.11. The van der Waals surface area contributed by atoms with Crippen molar-refractivity contribution in [3.63, 3.8) is 0 Å². The van der Waals surface area contributed by atoms with E-state index in [0.29, 0.717) is 5.02 Å². The maximum atomic E-state index is 6.17. The largest absolute Gasteiger partial charge is 0.496 e. The molecule has 0 spiro atoms. The fourth-order valence-electron chi connectivity index (χ4n) is 2.28. The van der Waals surface area contributed by atoms with E-state index in [-0.39, 0.29) is 0 Å². The first-order valence-corrected chi connectivity index (χ1v) is 7.25. The number of halogens is 1. The second-order valence-corrected chi connectivity index (χ2v) is 5.19. The fourth-order valence-corrected chi connectivity index (χ4v) is 2.45. The van der Waals surface area contributed by atoms with Crippen molar-refractivity contribution in [3.8, 4) is 5.75 Å². The molecule has 3 rings (SSSR count). The van der Waals surface area contributed by atoms with Gasteiger partial charge in [0.15, 0.2) is 0 Å². The van der Waals surface area contributed by atoms with Gasteiger partial charge in [-0.25, -0.2) is 4.98 Å². The summed E-state index contributed by atoms with van der Waals surface area (Å²) >= 11 is 6.17. The van der Waals surface area contributed by atoms with Crippen LogP contribution in [0.25, 0.3) is 11.8 Å². The zero-order valence-corrected chi connectivity index (χ0v) is 12.9. The Labute approximate surface area is 134 Å². The minimum Gasteiger partial charge on any atom is -0.496 e. The number of aromatic nitrogens is 2. The minimum atomic E-state index is 0.662. The van der Waals surface area contributed by atoms with Crippen molar-refractivity contribution in [1.82, 2.24) is 9.55 Å². The van der Waals surface area contributed by atoms with E-state index in [2.05, 4.69) is 11.1 Å². The van der Waals surface area contributed by atoms with Crippen LogP contribution >= 0.6 is 11.6 Å². The number of methoxy groups -OCH3 is 1. The molecule has 0 aliphatic carbocycles. The Morgan fingerprint density at radius 2 is 2.00 bits per heavy atom. The van der Waals surface area contributed by atoms with Crippen molar-refractivity contribution < 1.29 is 4.74 Å². The van der Waals surface area contributed by atoms with Gasteiger partial charge >= 0.3 is 0 Å². The maximum absolute atomic E-state index is 6.17. The van der Waals surface area contributed by atoms with Crippen LogP contribution in [0.1, 0.15) is 11.1 Å². The third kappa shape index (κ3) is 3.05. The first kappa shape index (κ1) is 14.4. The molecule has 0 aliphatic rings. The average molecular weight is 311 g/mol. The SMILES string of the molecule is COc1ccc(Cl)cc1/C(=C/c1ccccc1)n1ccnc1. The van der Waals surface area contributed by atoms with E-state index in [9.17, 15) is 0 Å². The Balaban J connectivity index is 2.19. The van der Waals surface area contributed by atoms with E-state index in [1.807, 2.05) is 59.3 Å². The van der Waals surface area contributed by atoms with Crippen LogP contribution in [0.5, 0.6) is 5.75 Å². The number of ether oxygens (including phenoxy) is 1. The molecular formula is C18H15ClN2O. The summed E-state index contributed by atoms with van der Waals surface area (Å²) in [7, 11) is 1.65. The number of hydrogen-bond acceptors (Lipinski definition) is 2. The van der Waals surface area contributed by atoms with Crippen molar-refractivity contribution in [2.24, 2.45) is 0 Å². The first-order valence-electron chi connectivity index (χ1n) is 6.87. The molecule has 3 aromatic rings. The van der Waals surface area contributed by atoms with Crippen molar-refractivity contribution in [3.05, 3.63) is 83.4 Å². The van der Waals surface area contributed by atoms with E-state index < -0.39 is 0 Å². The standard InChI is InChI=1S/C18H15ClN2O/c1-22-18-8-7-15(19)12-16(18)17(21-10-9-20-13-21)11-14-5-3-2-4-6-14/h2-13H,1H3/b17-11-. The summed E-state index contributed by atoms with van der Waals surface area (Å²) in [6.07, 6.45) is 7.48. The quantitative estimate of drug-likeness (QED) is 0.659. The van der Waals surface area contributed by atoms with Gasteiger partial charge in [0, 0.05) is 23.0 Å². The summed E-state index contributed by atoms with van der Waals surface area (Å²) in [6.45, 7) is 0. The summed E-state index contributed by atoms with van der Waals surface area (Å²) in [5, 5.41) is 0.662. The molecule has 0 atom stereocenters. The molecular weight excluding hydrogens is 296 g/mol. The van der Waals surface area contributed by atoms with Gasteiger partial charge in [-0.1, -0.05) is 41.9 Å². The predicted molar refractivity (Wildman–Crippen MR) is 89.9 cm³/mol. The van der Waals surface area contributed by atoms with Gasteiger partial charge in [0.2, 0.25) is 0 Å². The van der Waals surface area contributed by atoms with Gasteiger partial charge in [-0.3, -0.25) is 0 Å². The van der Waals surface area contributed by atoms with Crippen LogP contribution in [-0.4, -0.2) is 16.7 Å². The van der Waals surface area contributed by atoms with E-state index in [0.717, 1.165) is 22.6 Å². The summed E-state index contributed by atoms with van der Waals surface area (Å²) in [4.78, 5) is 4.14. The highest BCUT2D eigenvalue weighted by Crippen LogP contribution is 2.31. The Bertz CT molecular complexity index is 780. The number of imidazole rings is 1. The zero-order valence-electron chi connectivity index (χ0n) is 12.1. The second kappa shape index (κ2) is 6.50. The molecule has 0 saturated heterocycles. The Hall–Kier alpha value is -2.52. The van der Waals surface area contributed by atoms with Gasteiger partial charge in [-0.2, -0.15) is 0 Å². The number of benzene rings is 2. The lowest BCUT2D eigenvalue weighted by Gasteiger charge is -2.14. The molecule has 0 saturated carbocycles. The molecule has 4 heteroatoms. The van der Waals surface area contributed by atoms with Gasteiger partial charge < -0.3 is 9.30 Å². The number of rotatable bonds is 4. The lowest BCUT2D eigenvalue weighted by atomic mass is 10.1. The third-order valence-corrected chi connectivity index (χ3v) is 3.56. The first-order chi connectivity index (χ1) is 10.8. The molecule has 0 radical (unpaired) electrons. The van der Waals surface area contributed by atoms with Crippen LogP contribution in [0, 0.1) is 0 Å². The monoisotopic (exact) mass is 310 g/mol. The molecule has 0 amide bonds. The number of nitrogens with zero attached hydrogens (tertiary/aromatic N) is 2. The van der Waals surface area contributed by atoms with Crippen LogP contribution < -0.4 is 4.74 Å². The minimum absolute atomic E-state index is 0.662. The summed E-state index contributed by atoms with van der Waals surface area (Å²) < 4.78 is 7.43. The van der Waals surface area contributed by atoms with E-state index >= 15 is 0 Å². The maximum Gasteiger partial charge on any atom is 0.128 e. The lowest BCUT2D eigenvalue weighted by molar-refractivity contribution is 0.413. The molecule has 0 N–H and O–H groups in total. The van der Waals surface area contributed by atoms with Crippen molar-refractivity contribution in [1.29, 1.82) is 0 Å². The van der Waals surface area contributed by atoms with E-state index in [4.69, 9.17) is 16.3 Å². The van der Waals surface area contributed by atoms with E-state index in [1.165, 1.54) is 0 Å². The Kier molecular flexibility index (Phi) is 4.26. The molecule has 0 bridgehead atoms. The lowest BCUT2D eigenvalue weighted by Crippen LogP contribution is -1.99. The van der Waals surface area contributed by atoms with Crippen LogP contribution in [0.2, 0.25) is 5.02 Å². The predicted octanol–water partition coefficient (Wildman–Crippen LogP) is 4.59. The van der Waals surface area contributed by atoms with Gasteiger partial charge in [0.25, 0.3) is 0 Å². The summed E-state index contributed by atoms with van der Waals surface area (Å²) in [5.41, 5.74) is 2.95. The Morgan fingerprint density at radius 3 is 2.68 bits per heavy atom. The molecule has 110 valence electrons. The van der Waals surface area contributed by atoms with Crippen LogP contribution in [-0.2, 0) is 0 Å². The number of hydrogen-bond donors (Lipinski definition) is 0. The van der Waals surface area contributed by atoms with Crippen LogP contribution in [0.4, 0.5) is 0 Å². The summed E-state index contributed by atoms with van der Waals surface area (Å²) in [6, 6.07) is 15.7. The van der Waals surface area contributed by atoms with Crippen molar-refractivity contribution >= 4 is 23.4 Å². The van der Waals surface area contributed by atoms with Gasteiger partial charge in [-0.05, 0) is 29.8 Å². The molecule has 2 aromatic carbocycles. The van der Waals surface area contributed by atoms with Gasteiger partial charge in [0.05, 0.1) is 19.1 Å². The molecule has 0 unspecified atom stereocenters. The van der Waals surface area contributed by atoms with E-state index in [1.54, 1.807) is 19.6 Å². The fraction of sp³-hybridized carbons (Fsp3) is 0.0556. The van der Waals surface area contributed by atoms with Crippen molar-refractivity contribution in [2.75, 3.05) is 7.11 Å². The third-order valence-electron chi connectivity index (χ3n) is 3.32. The highest BCUT2D eigenvalue weighted by molar-refractivity contribution is 6.30. The average Bonchev–Trinajstić information content (AvgIpc) is 3.08. The normalized spacial score (nSPS) is 11.5. The molecule has 1 heterocycles. The molecule has 1 aromatic heterocycles. The van der Waals surface area contributed by atoms with Gasteiger partial charge in [0.1, 0.15) is 5.75 Å². The molecule has 0 aliphatic heterocycles. The molecule has 3 nitrogen and oxygen atoms in total. The smallest absolute Gasteiger partial charge is 0.128 e. The topological polar surface area (TPSA) is 27.1 Å². The van der Waals surface area contributed by atoms with Gasteiger partial charge in [-0.15, -0.1) is 0 Å².